The van der Waals surface area contributed by atoms with Crippen molar-refractivity contribution in [3.05, 3.63) is 53.6 Å². The highest BCUT2D eigenvalue weighted by Gasteiger charge is 2.23. The molecule has 3 rings (SSSR count). The number of amides is 2. The molecule has 0 unspecified atom stereocenters. The van der Waals surface area contributed by atoms with Gasteiger partial charge in [-0.1, -0.05) is 6.07 Å². The normalized spacial score (nSPS) is 13.5. The molecule has 2 amide bonds. The first-order chi connectivity index (χ1) is 17.4. The second kappa shape index (κ2) is 13.4. The van der Waals surface area contributed by atoms with Gasteiger partial charge in [-0.15, -0.1) is 0 Å². The Morgan fingerprint density at radius 3 is 2.28 bits per heavy atom. The minimum atomic E-state index is -0.782. The lowest BCUT2D eigenvalue weighted by Crippen LogP contribution is -2.37. The minimum absolute atomic E-state index is 0.0672. The summed E-state index contributed by atoms with van der Waals surface area (Å²) in [5.74, 6) is 1.61. The van der Waals surface area contributed by atoms with Crippen LogP contribution in [0.1, 0.15) is 42.6 Å². The van der Waals surface area contributed by atoms with E-state index < -0.39 is 6.16 Å². The van der Waals surface area contributed by atoms with Crippen LogP contribution in [0, 0.1) is 0 Å². The molecular formula is C27H34N2O7. The summed E-state index contributed by atoms with van der Waals surface area (Å²) >= 11 is 0. The van der Waals surface area contributed by atoms with Gasteiger partial charge >= 0.3 is 6.16 Å². The Kier molecular flexibility index (Phi) is 9.97. The molecule has 0 aromatic heterocycles. The van der Waals surface area contributed by atoms with Crippen molar-refractivity contribution in [1.82, 2.24) is 9.80 Å². The van der Waals surface area contributed by atoms with Crippen LogP contribution in [0.2, 0.25) is 0 Å². The molecule has 9 nitrogen and oxygen atoms in total. The number of carbonyl (C=O) groups excluding carboxylic acids is 3. The molecule has 0 radical (unpaired) electrons. The van der Waals surface area contributed by atoms with Crippen LogP contribution in [0.15, 0.2) is 42.5 Å². The molecule has 1 heterocycles. The van der Waals surface area contributed by atoms with Crippen LogP contribution in [0.5, 0.6) is 17.2 Å². The van der Waals surface area contributed by atoms with Gasteiger partial charge in [-0.05, 0) is 68.7 Å². The fourth-order valence-electron chi connectivity index (χ4n) is 4.01. The SMILES string of the molecule is CCOC(=O)Oc1ccc(C(=O)N2CCCN(C(=O)CCc3ccc(OCC)c(OC)c3)CC2)cc1. The van der Waals surface area contributed by atoms with E-state index >= 15 is 0 Å². The van der Waals surface area contributed by atoms with E-state index in [1.807, 2.05) is 30.0 Å². The Bertz CT molecular complexity index is 1040. The summed E-state index contributed by atoms with van der Waals surface area (Å²) < 4.78 is 20.7. The van der Waals surface area contributed by atoms with Crippen LogP contribution in [-0.2, 0) is 16.0 Å². The van der Waals surface area contributed by atoms with Gasteiger partial charge in [-0.25, -0.2) is 4.79 Å². The van der Waals surface area contributed by atoms with Crippen LogP contribution in [0.4, 0.5) is 4.79 Å². The maximum Gasteiger partial charge on any atom is 0.513 e. The molecule has 2 aromatic rings. The number of ether oxygens (including phenoxy) is 4. The van der Waals surface area contributed by atoms with Gasteiger partial charge < -0.3 is 28.7 Å². The topological polar surface area (TPSA) is 94.6 Å². The number of hydrogen-bond donors (Lipinski definition) is 0. The van der Waals surface area contributed by atoms with Gasteiger partial charge in [0.15, 0.2) is 11.5 Å². The number of rotatable bonds is 9. The van der Waals surface area contributed by atoms with Crippen LogP contribution in [0.3, 0.4) is 0 Å². The fraction of sp³-hybridized carbons (Fsp3) is 0.444. The molecule has 2 aromatic carbocycles. The molecule has 9 heteroatoms. The molecule has 1 fully saturated rings. The summed E-state index contributed by atoms with van der Waals surface area (Å²) in [6.07, 6.45) is 0.905. The Labute approximate surface area is 211 Å². The fourth-order valence-corrected chi connectivity index (χ4v) is 4.01. The Hall–Kier alpha value is -3.75. The summed E-state index contributed by atoms with van der Waals surface area (Å²) in [6, 6.07) is 12.1. The highest BCUT2D eigenvalue weighted by atomic mass is 16.7. The second-order valence-electron chi connectivity index (χ2n) is 8.25. The lowest BCUT2D eigenvalue weighted by atomic mass is 10.1. The van der Waals surface area contributed by atoms with E-state index in [1.165, 1.54) is 0 Å². The van der Waals surface area contributed by atoms with Crippen molar-refractivity contribution < 1.29 is 33.3 Å². The van der Waals surface area contributed by atoms with Gasteiger partial charge in [-0.2, -0.15) is 0 Å². The van der Waals surface area contributed by atoms with Crippen LogP contribution in [-0.4, -0.2) is 74.3 Å². The van der Waals surface area contributed by atoms with Crippen LogP contribution < -0.4 is 14.2 Å². The third kappa shape index (κ3) is 7.37. The Morgan fingerprint density at radius 1 is 0.861 bits per heavy atom. The van der Waals surface area contributed by atoms with Crippen molar-refractivity contribution in [3.63, 3.8) is 0 Å². The summed E-state index contributed by atoms with van der Waals surface area (Å²) in [4.78, 5) is 40.9. The quantitative estimate of drug-likeness (QED) is 0.382. The molecule has 0 bridgehead atoms. The summed E-state index contributed by atoms with van der Waals surface area (Å²) in [5, 5.41) is 0. The predicted molar refractivity (Wildman–Crippen MR) is 134 cm³/mol. The maximum absolute atomic E-state index is 13.0. The van der Waals surface area contributed by atoms with E-state index in [4.69, 9.17) is 18.9 Å². The Morgan fingerprint density at radius 2 is 1.58 bits per heavy atom. The molecule has 1 aliphatic rings. The number of methoxy groups -OCH3 is 1. The van der Waals surface area contributed by atoms with Crippen molar-refractivity contribution in [2.24, 2.45) is 0 Å². The average molecular weight is 499 g/mol. The van der Waals surface area contributed by atoms with E-state index in [-0.39, 0.29) is 18.4 Å². The number of benzene rings is 2. The van der Waals surface area contributed by atoms with Crippen molar-refractivity contribution in [1.29, 1.82) is 0 Å². The minimum Gasteiger partial charge on any atom is -0.493 e. The molecule has 0 N–H and O–H groups in total. The van der Waals surface area contributed by atoms with Gasteiger partial charge in [0.25, 0.3) is 5.91 Å². The second-order valence-corrected chi connectivity index (χ2v) is 8.25. The zero-order valence-electron chi connectivity index (χ0n) is 21.2. The van der Waals surface area contributed by atoms with Gasteiger partial charge in [-0.3, -0.25) is 9.59 Å². The molecule has 0 spiro atoms. The van der Waals surface area contributed by atoms with Gasteiger partial charge in [0.1, 0.15) is 5.75 Å². The van der Waals surface area contributed by atoms with Crippen LogP contribution >= 0.6 is 0 Å². The lowest BCUT2D eigenvalue weighted by molar-refractivity contribution is -0.131. The molecule has 0 aliphatic carbocycles. The van der Waals surface area contributed by atoms with Crippen LogP contribution in [0.25, 0.3) is 0 Å². The first kappa shape index (κ1) is 26.8. The molecule has 0 saturated carbocycles. The molecule has 1 saturated heterocycles. The van der Waals surface area contributed by atoms with Crippen molar-refractivity contribution in [2.75, 3.05) is 46.5 Å². The van der Waals surface area contributed by atoms with Crippen molar-refractivity contribution >= 4 is 18.0 Å². The van der Waals surface area contributed by atoms with Crippen molar-refractivity contribution in [3.8, 4) is 17.2 Å². The number of nitrogens with zero attached hydrogens (tertiary/aromatic N) is 2. The molecule has 0 atom stereocenters. The number of hydrogen-bond acceptors (Lipinski definition) is 7. The van der Waals surface area contributed by atoms with Gasteiger partial charge in [0, 0.05) is 38.2 Å². The number of carbonyl (C=O) groups is 3. The predicted octanol–water partition coefficient (Wildman–Crippen LogP) is 3.94. The lowest BCUT2D eigenvalue weighted by Gasteiger charge is -2.22. The smallest absolute Gasteiger partial charge is 0.493 e. The third-order valence-electron chi connectivity index (χ3n) is 5.86. The number of aryl methyl sites for hydroxylation is 1. The summed E-state index contributed by atoms with van der Waals surface area (Å²) in [7, 11) is 1.60. The van der Waals surface area contributed by atoms with E-state index in [9.17, 15) is 14.4 Å². The third-order valence-corrected chi connectivity index (χ3v) is 5.86. The standard InChI is InChI=1S/C27H34N2O7/c1-4-34-23-13-7-20(19-24(23)33-3)8-14-25(30)28-15-6-16-29(18-17-28)26(31)21-9-11-22(12-10-21)36-27(32)35-5-2/h7,9-13,19H,4-6,8,14-18H2,1-3H3. The van der Waals surface area contributed by atoms with Gasteiger partial charge in [0.2, 0.25) is 5.91 Å². The van der Waals surface area contributed by atoms with E-state index in [0.29, 0.717) is 74.9 Å². The van der Waals surface area contributed by atoms with E-state index in [1.54, 1.807) is 43.2 Å². The molecule has 1 aliphatic heterocycles. The first-order valence-corrected chi connectivity index (χ1v) is 12.3. The molecule has 36 heavy (non-hydrogen) atoms. The van der Waals surface area contributed by atoms with Crippen molar-refractivity contribution in [2.45, 2.75) is 33.1 Å². The molecular weight excluding hydrogens is 464 g/mol. The van der Waals surface area contributed by atoms with E-state index in [0.717, 1.165) is 5.56 Å². The zero-order chi connectivity index (χ0) is 25.9. The largest absolute Gasteiger partial charge is 0.513 e. The Balaban J connectivity index is 1.51. The highest BCUT2D eigenvalue weighted by molar-refractivity contribution is 5.94. The summed E-state index contributed by atoms with van der Waals surface area (Å²) in [5.41, 5.74) is 1.50. The summed E-state index contributed by atoms with van der Waals surface area (Å²) in [6.45, 7) is 6.52. The maximum atomic E-state index is 13.0. The monoisotopic (exact) mass is 498 g/mol. The highest BCUT2D eigenvalue weighted by Crippen LogP contribution is 2.28. The average Bonchev–Trinajstić information content (AvgIpc) is 3.15. The zero-order valence-corrected chi connectivity index (χ0v) is 21.2. The first-order valence-electron chi connectivity index (χ1n) is 12.3. The molecule has 194 valence electrons. The van der Waals surface area contributed by atoms with Gasteiger partial charge in [0.05, 0.1) is 20.3 Å². The van der Waals surface area contributed by atoms with E-state index in [2.05, 4.69) is 0 Å².